The van der Waals surface area contributed by atoms with Crippen LogP contribution in [0.15, 0.2) is 23.7 Å². The zero-order valence-electron chi connectivity index (χ0n) is 11.3. The number of hydrogen-bond acceptors (Lipinski definition) is 3. The number of nitrogens with zero attached hydrogens (tertiary/aromatic N) is 2. The Morgan fingerprint density at radius 3 is 2.68 bits per heavy atom. The van der Waals surface area contributed by atoms with Gasteiger partial charge < -0.3 is 5.73 Å². The van der Waals surface area contributed by atoms with Crippen molar-refractivity contribution < 1.29 is 0 Å². The molecule has 104 valence electrons. The summed E-state index contributed by atoms with van der Waals surface area (Å²) in [4.78, 5) is 1.04. The molecular weight excluding hydrogens is 278 g/mol. The zero-order valence-corrected chi connectivity index (χ0v) is 12.9. The number of aromatic nitrogens is 2. The van der Waals surface area contributed by atoms with E-state index in [1.54, 1.807) is 11.3 Å². The van der Waals surface area contributed by atoms with Gasteiger partial charge in [-0.3, -0.25) is 4.68 Å². The van der Waals surface area contributed by atoms with Crippen LogP contribution in [0, 0.1) is 0 Å². The third-order valence-electron chi connectivity index (χ3n) is 3.39. The van der Waals surface area contributed by atoms with E-state index in [0.29, 0.717) is 6.04 Å². The minimum absolute atomic E-state index is 0.0717. The van der Waals surface area contributed by atoms with Crippen molar-refractivity contribution in [3.63, 3.8) is 0 Å². The molecule has 0 saturated heterocycles. The van der Waals surface area contributed by atoms with Crippen molar-refractivity contribution in [2.24, 2.45) is 5.73 Å². The van der Waals surface area contributed by atoms with Crippen molar-refractivity contribution in [1.29, 1.82) is 0 Å². The summed E-state index contributed by atoms with van der Waals surface area (Å²) >= 11 is 7.71. The fraction of sp³-hybridized carbons (Fsp3) is 0.500. The van der Waals surface area contributed by atoms with E-state index in [-0.39, 0.29) is 6.04 Å². The molecule has 0 aromatic carbocycles. The van der Waals surface area contributed by atoms with Crippen LogP contribution < -0.4 is 5.73 Å². The first-order chi connectivity index (χ1) is 9.15. The minimum Gasteiger partial charge on any atom is -0.323 e. The molecule has 2 aromatic heterocycles. The Morgan fingerprint density at radius 1 is 1.37 bits per heavy atom. The second-order valence-corrected chi connectivity index (χ2v) is 6.06. The van der Waals surface area contributed by atoms with Gasteiger partial charge >= 0.3 is 0 Å². The van der Waals surface area contributed by atoms with E-state index in [2.05, 4.69) is 35.9 Å². The lowest BCUT2D eigenvalue weighted by Crippen LogP contribution is -2.13. The molecule has 2 heterocycles. The molecule has 1 unspecified atom stereocenters. The zero-order chi connectivity index (χ0) is 13.8. The molecule has 2 N–H and O–H groups in total. The SMILES string of the molecule is CCC(CC)n1ccc(CC(N)c2sccc2Cl)n1. The molecular formula is C14H20ClN3S. The van der Waals surface area contributed by atoms with Gasteiger partial charge in [0, 0.05) is 23.5 Å². The first kappa shape index (κ1) is 14.6. The minimum atomic E-state index is -0.0717. The van der Waals surface area contributed by atoms with Gasteiger partial charge in [-0.25, -0.2) is 0 Å². The monoisotopic (exact) mass is 297 g/mol. The highest BCUT2D eigenvalue weighted by Crippen LogP contribution is 2.29. The molecule has 0 bridgehead atoms. The molecule has 0 radical (unpaired) electrons. The molecule has 0 saturated carbocycles. The van der Waals surface area contributed by atoms with Gasteiger partial charge in [-0.1, -0.05) is 25.4 Å². The molecule has 3 nitrogen and oxygen atoms in total. The van der Waals surface area contributed by atoms with E-state index in [1.165, 1.54) is 0 Å². The maximum Gasteiger partial charge on any atom is 0.0643 e. The maximum atomic E-state index is 6.20. The first-order valence-electron chi connectivity index (χ1n) is 6.68. The topological polar surface area (TPSA) is 43.8 Å². The summed E-state index contributed by atoms with van der Waals surface area (Å²) in [6.07, 6.45) is 4.98. The predicted octanol–water partition coefficient (Wildman–Crippen LogP) is 4.20. The van der Waals surface area contributed by atoms with E-state index < -0.39 is 0 Å². The van der Waals surface area contributed by atoms with Crippen molar-refractivity contribution in [2.75, 3.05) is 0 Å². The normalized spacial score (nSPS) is 13.1. The van der Waals surface area contributed by atoms with E-state index in [0.717, 1.165) is 34.9 Å². The molecule has 2 aromatic rings. The van der Waals surface area contributed by atoms with Crippen molar-refractivity contribution >= 4 is 22.9 Å². The van der Waals surface area contributed by atoms with Crippen LogP contribution in [0.4, 0.5) is 0 Å². The average Bonchev–Trinajstić information content (AvgIpc) is 3.00. The molecule has 5 heteroatoms. The number of thiophene rings is 1. The Balaban J connectivity index is 2.06. The fourth-order valence-corrected chi connectivity index (χ4v) is 3.44. The fourth-order valence-electron chi connectivity index (χ4n) is 2.24. The van der Waals surface area contributed by atoms with Crippen molar-refractivity contribution in [1.82, 2.24) is 9.78 Å². The number of nitrogens with two attached hydrogens (primary N) is 1. The maximum absolute atomic E-state index is 6.20. The summed E-state index contributed by atoms with van der Waals surface area (Å²) in [6, 6.07) is 4.36. The molecule has 0 amide bonds. The molecule has 0 spiro atoms. The summed E-state index contributed by atoms with van der Waals surface area (Å²) in [5, 5.41) is 7.36. The van der Waals surface area contributed by atoms with Crippen LogP contribution in [-0.4, -0.2) is 9.78 Å². The van der Waals surface area contributed by atoms with Crippen LogP contribution in [0.5, 0.6) is 0 Å². The summed E-state index contributed by atoms with van der Waals surface area (Å²) in [6.45, 7) is 4.37. The lowest BCUT2D eigenvalue weighted by molar-refractivity contribution is 0.424. The van der Waals surface area contributed by atoms with Crippen LogP contribution in [-0.2, 0) is 6.42 Å². The van der Waals surface area contributed by atoms with Crippen molar-refractivity contribution in [3.8, 4) is 0 Å². The summed E-state index contributed by atoms with van der Waals surface area (Å²) in [7, 11) is 0. The first-order valence-corrected chi connectivity index (χ1v) is 7.93. The highest BCUT2D eigenvalue weighted by Gasteiger charge is 2.15. The predicted molar refractivity (Wildman–Crippen MR) is 81.8 cm³/mol. The number of halogens is 1. The van der Waals surface area contributed by atoms with Crippen LogP contribution in [0.1, 0.15) is 49.3 Å². The average molecular weight is 298 g/mol. The van der Waals surface area contributed by atoms with Crippen LogP contribution in [0.25, 0.3) is 0 Å². The summed E-state index contributed by atoms with van der Waals surface area (Å²) in [5.41, 5.74) is 7.23. The van der Waals surface area contributed by atoms with Gasteiger partial charge in [0.2, 0.25) is 0 Å². The molecule has 2 rings (SSSR count). The Hall–Kier alpha value is -0.840. The van der Waals surface area contributed by atoms with E-state index in [9.17, 15) is 0 Å². The van der Waals surface area contributed by atoms with Gasteiger partial charge in [0.15, 0.2) is 0 Å². The van der Waals surface area contributed by atoms with Crippen LogP contribution in [0.3, 0.4) is 0 Å². The lowest BCUT2D eigenvalue weighted by Gasteiger charge is -2.13. The second kappa shape index (κ2) is 6.55. The van der Waals surface area contributed by atoms with Gasteiger partial charge in [-0.2, -0.15) is 5.10 Å². The lowest BCUT2D eigenvalue weighted by atomic mass is 10.1. The van der Waals surface area contributed by atoms with Gasteiger partial charge in [-0.15, -0.1) is 11.3 Å². The smallest absolute Gasteiger partial charge is 0.0643 e. The highest BCUT2D eigenvalue weighted by atomic mass is 35.5. The van der Waals surface area contributed by atoms with Gasteiger partial charge in [0.25, 0.3) is 0 Å². The molecule has 0 aliphatic carbocycles. The Kier molecular flexibility index (Phi) is 5.02. The Labute approximate surface area is 123 Å². The van der Waals surface area contributed by atoms with E-state index in [1.807, 2.05) is 11.4 Å². The summed E-state index contributed by atoms with van der Waals surface area (Å²) < 4.78 is 2.05. The van der Waals surface area contributed by atoms with Gasteiger partial charge in [0.1, 0.15) is 0 Å². The molecule has 19 heavy (non-hydrogen) atoms. The standard InChI is InChI=1S/C14H20ClN3S/c1-3-11(4-2)18-7-5-10(17-18)9-13(16)14-12(15)6-8-19-14/h5-8,11,13H,3-4,9,16H2,1-2H3. The van der Waals surface area contributed by atoms with Crippen LogP contribution >= 0.6 is 22.9 Å². The Bertz CT molecular complexity index is 516. The second-order valence-electron chi connectivity index (χ2n) is 4.70. The molecule has 0 fully saturated rings. The number of hydrogen-bond donors (Lipinski definition) is 1. The van der Waals surface area contributed by atoms with Crippen LogP contribution in [0.2, 0.25) is 5.02 Å². The third kappa shape index (κ3) is 3.38. The van der Waals surface area contributed by atoms with E-state index in [4.69, 9.17) is 17.3 Å². The largest absolute Gasteiger partial charge is 0.323 e. The van der Waals surface area contributed by atoms with Gasteiger partial charge in [0.05, 0.1) is 16.8 Å². The quantitative estimate of drug-likeness (QED) is 0.868. The third-order valence-corrected chi connectivity index (χ3v) is 4.88. The Morgan fingerprint density at radius 2 is 2.11 bits per heavy atom. The highest BCUT2D eigenvalue weighted by molar-refractivity contribution is 7.10. The molecule has 1 atom stereocenters. The summed E-state index contributed by atoms with van der Waals surface area (Å²) in [5.74, 6) is 0. The van der Waals surface area contributed by atoms with Crippen molar-refractivity contribution in [2.45, 2.75) is 45.2 Å². The van der Waals surface area contributed by atoms with Crippen molar-refractivity contribution in [3.05, 3.63) is 39.3 Å². The van der Waals surface area contributed by atoms with Gasteiger partial charge in [-0.05, 0) is 30.4 Å². The molecule has 0 aliphatic heterocycles. The number of rotatable bonds is 6. The molecule has 0 aliphatic rings. The van der Waals surface area contributed by atoms with E-state index >= 15 is 0 Å².